The third kappa shape index (κ3) is 5.33. The van der Waals surface area contributed by atoms with Crippen molar-refractivity contribution in [1.82, 2.24) is 24.8 Å². The molecule has 5 aromatic rings. The van der Waals surface area contributed by atoms with Crippen molar-refractivity contribution in [1.29, 1.82) is 0 Å². The van der Waals surface area contributed by atoms with Crippen LogP contribution >= 0.6 is 0 Å². The molecular weight excluding hydrogens is 486 g/mol. The van der Waals surface area contributed by atoms with Crippen molar-refractivity contribution < 1.29 is 4.42 Å². The average molecular weight is 520 g/mol. The molecule has 8 nitrogen and oxygen atoms in total. The number of nitrogens with one attached hydrogen (secondary N) is 1. The highest BCUT2D eigenvalue weighted by molar-refractivity contribution is 5.85. The zero-order chi connectivity index (χ0) is 26.9. The number of nitrogens with zero attached hydrogens (tertiary/aromatic N) is 6. The highest BCUT2D eigenvalue weighted by Gasteiger charge is 2.17. The van der Waals surface area contributed by atoms with Gasteiger partial charge in [0.1, 0.15) is 17.2 Å². The molecule has 0 saturated carbocycles. The minimum absolute atomic E-state index is 0.0382. The molecule has 3 aromatic heterocycles. The molecule has 198 valence electrons. The van der Waals surface area contributed by atoms with Crippen LogP contribution in [0.2, 0.25) is 0 Å². The second-order valence-corrected chi connectivity index (χ2v) is 10.4. The first-order valence-corrected chi connectivity index (χ1v) is 13.4. The number of anilines is 2. The van der Waals surface area contributed by atoms with Crippen LogP contribution in [-0.2, 0) is 0 Å². The number of hydrogen-bond donors (Lipinski definition) is 1. The number of benzene rings is 2. The van der Waals surface area contributed by atoms with Crippen molar-refractivity contribution in [3.63, 3.8) is 0 Å². The van der Waals surface area contributed by atoms with E-state index >= 15 is 0 Å². The molecule has 4 heterocycles. The Bertz CT molecular complexity index is 1600. The van der Waals surface area contributed by atoms with E-state index in [0.29, 0.717) is 0 Å². The quantitative estimate of drug-likeness (QED) is 0.297. The predicted octanol–water partition coefficient (Wildman–Crippen LogP) is 5.89. The second kappa shape index (κ2) is 10.5. The first kappa shape index (κ1) is 25.0. The van der Waals surface area contributed by atoms with Crippen molar-refractivity contribution in [2.24, 2.45) is 0 Å². The van der Waals surface area contributed by atoms with Crippen molar-refractivity contribution >= 4 is 22.7 Å². The fourth-order valence-electron chi connectivity index (χ4n) is 5.04. The molecule has 1 fully saturated rings. The number of piperazine rings is 1. The summed E-state index contributed by atoms with van der Waals surface area (Å²) >= 11 is 0. The van der Waals surface area contributed by atoms with Crippen LogP contribution in [0.5, 0.6) is 0 Å². The molecule has 0 spiro atoms. The third-order valence-corrected chi connectivity index (χ3v) is 7.41. The Morgan fingerprint density at radius 3 is 2.46 bits per heavy atom. The first-order chi connectivity index (χ1) is 18.9. The number of rotatable bonds is 6. The molecule has 1 aliphatic heterocycles. The molecule has 2 aromatic carbocycles. The van der Waals surface area contributed by atoms with Gasteiger partial charge in [-0.3, -0.25) is 0 Å². The lowest BCUT2D eigenvalue weighted by Crippen LogP contribution is -2.45. The summed E-state index contributed by atoms with van der Waals surface area (Å²) in [6.07, 6.45) is 5.64. The zero-order valence-electron chi connectivity index (χ0n) is 22.8. The first-order valence-electron chi connectivity index (χ1n) is 13.4. The maximum atomic E-state index is 5.61. The Balaban J connectivity index is 1.20. The lowest BCUT2D eigenvalue weighted by Gasteiger charge is -2.32. The van der Waals surface area contributed by atoms with Crippen LogP contribution in [0.3, 0.4) is 0 Å². The summed E-state index contributed by atoms with van der Waals surface area (Å²) in [7, 11) is 2.15. The monoisotopic (exact) mass is 519 g/mol. The SMILES string of the molecule is Cc1nc(NC(C)c2cccc(-c3cnc(N4CCN(C)CC4)nc3)c2)cc(-c2ccc3occ(C)c3c2)n1. The van der Waals surface area contributed by atoms with Crippen LogP contribution in [0.1, 0.15) is 29.9 Å². The number of furan rings is 1. The molecule has 1 saturated heterocycles. The molecule has 0 aliphatic carbocycles. The largest absolute Gasteiger partial charge is 0.464 e. The Morgan fingerprint density at radius 1 is 0.872 bits per heavy atom. The summed E-state index contributed by atoms with van der Waals surface area (Å²) in [6, 6.07) is 16.7. The molecule has 0 amide bonds. The number of fused-ring (bicyclic) bond motifs is 1. The fraction of sp³-hybridized carbons (Fsp3) is 0.290. The van der Waals surface area contributed by atoms with Crippen LogP contribution < -0.4 is 10.2 Å². The van der Waals surface area contributed by atoms with Crippen molar-refractivity contribution in [3.05, 3.63) is 84.1 Å². The van der Waals surface area contributed by atoms with Gasteiger partial charge < -0.3 is 19.5 Å². The minimum atomic E-state index is 0.0382. The third-order valence-electron chi connectivity index (χ3n) is 7.41. The van der Waals surface area contributed by atoms with Gasteiger partial charge in [0.25, 0.3) is 0 Å². The van der Waals surface area contributed by atoms with Gasteiger partial charge >= 0.3 is 0 Å². The maximum Gasteiger partial charge on any atom is 0.225 e. The highest BCUT2D eigenvalue weighted by atomic mass is 16.3. The van der Waals surface area contributed by atoms with Crippen molar-refractivity contribution in [2.75, 3.05) is 43.4 Å². The molecule has 8 heteroatoms. The maximum absolute atomic E-state index is 5.61. The lowest BCUT2D eigenvalue weighted by molar-refractivity contribution is 0.311. The van der Waals surface area contributed by atoms with Crippen LogP contribution in [0.4, 0.5) is 11.8 Å². The summed E-state index contributed by atoms with van der Waals surface area (Å²) in [4.78, 5) is 23.3. The average Bonchev–Trinajstić information content (AvgIpc) is 3.33. The van der Waals surface area contributed by atoms with E-state index in [1.54, 1.807) is 6.26 Å². The topological polar surface area (TPSA) is 83.2 Å². The van der Waals surface area contributed by atoms with Crippen LogP contribution in [0, 0.1) is 13.8 Å². The molecule has 1 aliphatic rings. The van der Waals surface area contributed by atoms with E-state index in [-0.39, 0.29) is 6.04 Å². The Kier molecular flexibility index (Phi) is 6.70. The number of aryl methyl sites for hydroxylation is 2. The van der Waals surface area contributed by atoms with E-state index in [9.17, 15) is 0 Å². The fourth-order valence-corrected chi connectivity index (χ4v) is 5.04. The van der Waals surface area contributed by atoms with E-state index in [1.165, 1.54) is 0 Å². The van der Waals surface area contributed by atoms with Crippen molar-refractivity contribution in [3.8, 4) is 22.4 Å². The summed E-state index contributed by atoms with van der Waals surface area (Å²) in [5.74, 6) is 2.31. The summed E-state index contributed by atoms with van der Waals surface area (Å²) in [6.45, 7) is 10.1. The standard InChI is InChI=1S/C31H33N7O/c1-20-19-39-29-9-8-25(15-27(20)29)28-16-30(36-22(3)35-28)34-21(2)23-6-5-7-24(14-23)26-17-32-31(33-18-26)38-12-10-37(4)11-13-38/h5-9,14-19,21H,10-13H2,1-4H3,(H,34,35,36). The van der Waals surface area contributed by atoms with Gasteiger partial charge in [-0.2, -0.15) is 0 Å². The van der Waals surface area contributed by atoms with Gasteiger partial charge in [-0.25, -0.2) is 19.9 Å². The van der Waals surface area contributed by atoms with E-state index in [4.69, 9.17) is 9.40 Å². The van der Waals surface area contributed by atoms with Gasteiger partial charge in [-0.1, -0.05) is 18.2 Å². The van der Waals surface area contributed by atoms with Gasteiger partial charge in [0.15, 0.2) is 0 Å². The highest BCUT2D eigenvalue weighted by Crippen LogP contribution is 2.29. The molecule has 1 unspecified atom stereocenters. The number of likely N-dealkylation sites (N-methyl/N-ethyl adjacent to an activating group) is 1. The van der Waals surface area contributed by atoms with Gasteiger partial charge in [0, 0.05) is 67.2 Å². The predicted molar refractivity (Wildman–Crippen MR) is 156 cm³/mol. The minimum Gasteiger partial charge on any atom is -0.464 e. The summed E-state index contributed by atoms with van der Waals surface area (Å²) < 4.78 is 5.61. The van der Waals surface area contributed by atoms with Gasteiger partial charge in [0.05, 0.1) is 12.0 Å². The van der Waals surface area contributed by atoms with Crippen LogP contribution in [0.15, 0.2) is 71.6 Å². The van der Waals surface area contributed by atoms with Gasteiger partial charge in [0.2, 0.25) is 5.95 Å². The Morgan fingerprint density at radius 2 is 1.67 bits per heavy atom. The van der Waals surface area contributed by atoms with E-state index in [0.717, 1.165) is 88.3 Å². The molecule has 6 rings (SSSR count). The van der Waals surface area contributed by atoms with E-state index in [1.807, 2.05) is 37.5 Å². The zero-order valence-corrected chi connectivity index (χ0v) is 22.8. The Labute approximate surface area is 228 Å². The Hall–Kier alpha value is -4.30. The number of aromatic nitrogens is 4. The van der Waals surface area contributed by atoms with E-state index < -0.39 is 0 Å². The van der Waals surface area contributed by atoms with Gasteiger partial charge in [-0.15, -0.1) is 0 Å². The van der Waals surface area contributed by atoms with Gasteiger partial charge in [-0.05, 0) is 68.8 Å². The number of hydrogen-bond acceptors (Lipinski definition) is 8. The molecule has 1 atom stereocenters. The normalized spacial score (nSPS) is 15.0. The second-order valence-electron chi connectivity index (χ2n) is 10.4. The smallest absolute Gasteiger partial charge is 0.225 e. The molecule has 1 N–H and O–H groups in total. The molecular formula is C31H33N7O. The summed E-state index contributed by atoms with van der Waals surface area (Å²) in [5, 5.41) is 4.68. The molecule has 0 radical (unpaired) electrons. The molecule has 39 heavy (non-hydrogen) atoms. The van der Waals surface area contributed by atoms with Crippen LogP contribution in [-0.4, -0.2) is 58.1 Å². The van der Waals surface area contributed by atoms with Crippen molar-refractivity contribution in [2.45, 2.75) is 26.8 Å². The van der Waals surface area contributed by atoms with Crippen LogP contribution in [0.25, 0.3) is 33.4 Å². The molecule has 0 bridgehead atoms. The van der Waals surface area contributed by atoms with E-state index in [2.05, 4.69) is 81.3 Å². The lowest BCUT2D eigenvalue weighted by atomic mass is 10.0. The summed E-state index contributed by atoms with van der Waals surface area (Å²) in [5.41, 5.74) is 7.17.